The molecule has 0 saturated carbocycles. The molecule has 0 N–H and O–H groups in total. The van der Waals surface area contributed by atoms with Gasteiger partial charge in [0.05, 0.1) is 16.7 Å². The summed E-state index contributed by atoms with van der Waals surface area (Å²) in [5, 5.41) is 1.05. The van der Waals surface area contributed by atoms with E-state index < -0.39 is 0 Å². The summed E-state index contributed by atoms with van der Waals surface area (Å²) in [6.45, 7) is 0.535. The molecule has 0 aromatic heterocycles. The summed E-state index contributed by atoms with van der Waals surface area (Å²) < 4.78 is 5.41. The van der Waals surface area contributed by atoms with E-state index in [0.717, 1.165) is 6.42 Å². The maximum Gasteiger partial charge on any atom is 0.156 e. The summed E-state index contributed by atoms with van der Waals surface area (Å²) in [6.07, 6.45) is 6.61. The van der Waals surface area contributed by atoms with Crippen LogP contribution in [0.3, 0.4) is 0 Å². The molecule has 0 saturated heterocycles. The van der Waals surface area contributed by atoms with Crippen molar-refractivity contribution in [3.05, 3.63) is 28.2 Å². The minimum absolute atomic E-state index is 0.526. The molecule has 0 fully saturated rings. The predicted octanol–water partition coefficient (Wildman–Crippen LogP) is 3.79. The fraction of sp³-hybridized carbons (Fsp3) is 0.273. The number of benzene rings is 1. The highest BCUT2D eigenvalue weighted by Crippen LogP contribution is 2.32. The Labute approximate surface area is 94.0 Å². The van der Waals surface area contributed by atoms with Crippen molar-refractivity contribution in [2.75, 3.05) is 6.61 Å². The van der Waals surface area contributed by atoms with Gasteiger partial charge in [0, 0.05) is 6.42 Å². The highest BCUT2D eigenvalue weighted by Gasteiger charge is 2.05. The first-order valence-corrected chi connectivity index (χ1v) is 5.01. The van der Waals surface area contributed by atoms with Gasteiger partial charge in [0.25, 0.3) is 0 Å². The molecule has 1 rings (SSSR count). The van der Waals surface area contributed by atoms with Crippen LogP contribution in [0, 0.1) is 12.3 Å². The van der Waals surface area contributed by atoms with Gasteiger partial charge in [-0.05, 0) is 18.6 Å². The van der Waals surface area contributed by atoms with Crippen molar-refractivity contribution >= 4 is 23.2 Å². The molecule has 3 heteroatoms. The normalized spacial score (nSPS) is 9.50. The molecule has 0 aliphatic heterocycles. The van der Waals surface area contributed by atoms with E-state index >= 15 is 0 Å². The molecule has 14 heavy (non-hydrogen) atoms. The van der Waals surface area contributed by atoms with Crippen LogP contribution in [0.5, 0.6) is 5.75 Å². The maximum atomic E-state index is 5.89. The van der Waals surface area contributed by atoms with Gasteiger partial charge < -0.3 is 4.74 Å². The number of hydrogen-bond acceptors (Lipinski definition) is 1. The highest BCUT2D eigenvalue weighted by molar-refractivity contribution is 6.37. The highest BCUT2D eigenvalue weighted by atomic mass is 35.5. The molecule has 0 aliphatic rings. The quantitative estimate of drug-likeness (QED) is 0.563. The van der Waals surface area contributed by atoms with E-state index in [0.29, 0.717) is 28.8 Å². The van der Waals surface area contributed by atoms with E-state index in [4.69, 9.17) is 34.4 Å². The minimum atomic E-state index is 0.526. The molecule has 0 spiro atoms. The van der Waals surface area contributed by atoms with Gasteiger partial charge in [-0.3, -0.25) is 0 Å². The fourth-order valence-corrected chi connectivity index (χ4v) is 1.48. The summed E-state index contributed by atoms with van der Waals surface area (Å²) in [5.74, 6) is 3.07. The van der Waals surface area contributed by atoms with Crippen molar-refractivity contribution in [2.45, 2.75) is 12.8 Å². The largest absolute Gasteiger partial charge is 0.490 e. The Bertz CT molecular complexity index is 321. The van der Waals surface area contributed by atoms with Gasteiger partial charge in [-0.2, -0.15) is 0 Å². The van der Waals surface area contributed by atoms with Crippen molar-refractivity contribution in [1.29, 1.82) is 0 Å². The third-order valence-electron chi connectivity index (χ3n) is 1.63. The Morgan fingerprint density at radius 2 is 1.93 bits per heavy atom. The number of rotatable bonds is 4. The first-order chi connectivity index (χ1) is 6.75. The zero-order chi connectivity index (χ0) is 10.4. The lowest BCUT2D eigenvalue weighted by molar-refractivity contribution is 0.313. The van der Waals surface area contributed by atoms with Crippen molar-refractivity contribution in [3.8, 4) is 18.1 Å². The number of unbranched alkanes of at least 4 members (excludes halogenated alkanes) is 1. The standard InChI is InChI=1S/C11H10Cl2O/c1-2-3-4-8-14-11-9(12)6-5-7-10(11)13/h1,5-7H,3-4,8H2. The Morgan fingerprint density at radius 3 is 2.50 bits per heavy atom. The zero-order valence-electron chi connectivity index (χ0n) is 7.59. The van der Waals surface area contributed by atoms with E-state index in [2.05, 4.69) is 5.92 Å². The van der Waals surface area contributed by atoms with Crippen LogP contribution in [0.1, 0.15) is 12.8 Å². The monoisotopic (exact) mass is 228 g/mol. The van der Waals surface area contributed by atoms with Gasteiger partial charge in [0.1, 0.15) is 0 Å². The van der Waals surface area contributed by atoms with Gasteiger partial charge in [-0.15, -0.1) is 12.3 Å². The van der Waals surface area contributed by atoms with Gasteiger partial charge in [-0.1, -0.05) is 29.3 Å². The van der Waals surface area contributed by atoms with Crippen LogP contribution in [-0.2, 0) is 0 Å². The van der Waals surface area contributed by atoms with E-state index in [9.17, 15) is 0 Å². The molecule has 0 amide bonds. The molecule has 0 radical (unpaired) electrons. The molecule has 1 aromatic carbocycles. The van der Waals surface area contributed by atoms with Crippen LogP contribution in [0.15, 0.2) is 18.2 Å². The first-order valence-electron chi connectivity index (χ1n) is 4.26. The Balaban J connectivity index is 2.54. The molecule has 1 aromatic rings. The van der Waals surface area contributed by atoms with Crippen molar-refractivity contribution in [1.82, 2.24) is 0 Å². The van der Waals surface area contributed by atoms with E-state index in [1.165, 1.54) is 0 Å². The lowest BCUT2D eigenvalue weighted by Crippen LogP contribution is -1.97. The second kappa shape index (κ2) is 5.80. The average molecular weight is 229 g/mol. The lowest BCUT2D eigenvalue weighted by atomic mass is 10.3. The van der Waals surface area contributed by atoms with E-state index in [-0.39, 0.29) is 0 Å². The molecule has 0 heterocycles. The number of ether oxygens (including phenoxy) is 1. The van der Waals surface area contributed by atoms with Crippen molar-refractivity contribution in [2.24, 2.45) is 0 Å². The summed E-state index contributed by atoms with van der Waals surface area (Å²) in [7, 11) is 0. The Kier molecular flexibility index (Phi) is 4.65. The minimum Gasteiger partial charge on any atom is -0.490 e. The van der Waals surface area contributed by atoms with Gasteiger partial charge in [-0.25, -0.2) is 0 Å². The summed E-state index contributed by atoms with van der Waals surface area (Å²) in [5.41, 5.74) is 0. The molecule has 74 valence electrons. The second-order valence-electron chi connectivity index (χ2n) is 2.71. The van der Waals surface area contributed by atoms with Crippen LogP contribution >= 0.6 is 23.2 Å². The van der Waals surface area contributed by atoms with Crippen LogP contribution in [0.4, 0.5) is 0 Å². The average Bonchev–Trinajstić information content (AvgIpc) is 2.16. The zero-order valence-corrected chi connectivity index (χ0v) is 9.11. The number of para-hydroxylation sites is 1. The fourth-order valence-electron chi connectivity index (χ4n) is 0.969. The van der Waals surface area contributed by atoms with Crippen molar-refractivity contribution < 1.29 is 4.74 Å². The summed E-state index contributed by atoms with van der Waals surface area (Å²) in [6, 6.07) is 5.26. The number of halogens is 2. The number of hydrogen-bond donors (Lipinski definition) is 0. The van der Waals surface area contributed by atoms with Crippen LogP contribution in [0.2, 0.25) is 10.0 Å². The molecular weight excluding hydrogens is 219 g/mol. The smallest absolute Gasteiger partial charge is 0.156 e. The van der Waals surface area contributed by atoms with E-state index in [1.54, 1.807) is 18.2 Å². The predicted molar refractivity (Wildman–Crippen MR) is 60.0 cm³/mol. The lowest BCUT2D eigenvalue weighted by Gasteiger charge is -2.08. The molecule has 0 unspecified atom stereocenters. The Hall–Kier alpha value is -0.840. The first kappa shape index (κ1) is 11.2. The number of terminal acetylenes is 1. The maximum absolute atomic E-state index is 5.89. The molecule has 1 nitrogen and oxygen atoms in total. The third kappa shape index (κ3) is 3.14. The van der Waals surface area contributed by atoms with Crippen LogP contribution < -0.4 is 4.74 Å². The van der Waals surface area contributed by atoms with E-state index in [1.807, 2.05) is 0 Å². The molecular formula is C11H10Cl2O. The molecule has 0 bridgehead atoms. The topological polar surface area (TPSA) is 9.23 Å². The SMILES string of the molecule is C#CCCCOc1c(Cl)cccc1Cl. The van der Waals surface area contributed by atoms with Crippen LogP contribution in [-0.4, -0.2) is 6.61 Å². The second-order valence-corrected chi connectivity index (χ2v) is 3.52. The summed E-state index contributed by atoms with van der Waals surface area (Å²) in [4.78, 5) is 0. The summed E-state index contributed by atoms with van der Waals surface area (Å²) >= 11 is 11.8. The van der Waals surface area contributed by atoms with Gasteiger partial charge >= 0.3 is 0 Å². The van der Waals surface area contributed by atoms with Gasteiger partial charge in [0.2, 0.25) is 0 Å². The Morgan fingerprint density at radius 1 is 1.29 bits per heavy atom. The van der Waals surface area contributed by atoms with Crippen molar-refractivity contribution in [3.63, 3.8) is 0 Å². The molecule has 0 aliphatic carbocycles. The third-order valence-corrected chi connectivity index (χ3v) is 2.23. The van der Waals surface area contributed by atoms with Crippen LogP contribution in [0.25, 0.3) is 0 Å². The molecule has 0 atom stereocenters. The van der Waals surface area contributed by atoms with Gasteiger partial charge in [0.15, 0.2) is 5.75 Å².